The molecule has 0 aromatic carbocycles. The first-order valence-corrected chi connectivity index (χ1v) is 5.78. The van der Waals surface area contributed by atoms with Gasteiger partial charge in [0.25, 0.3) is 0 Å². The zero-order chi connectivity index (χ0) is 12.5. The molecular formula is C12H13N3O3. The summed E-state index contributed by atoms with van der Waals surface area (Å²) in [6, 6.07) is 7.75. The average Bonchev–Trinajstić information content (AvgIpc) is 2.82. The van der Waals surface area contributed by atoms with Crippen LogP contribution >= 0.6 is 0 Å². The summed E-state index contributed by atoms with van der Waals surface area (Å²) in [4.78, 5) is 12.9. The quantitative estimate of drug-likeness (QED) is 0.842. The summed E-state index contributed by atoms with van der Waals surface area (Å²) in [5, 5.41) is 13.3. The van der Waals surface area contributed by atoms with Gasteiger partial charge in [0, 0.05) is 12.7 Å². The number of carbonyl (C=O) groups is 1. The van der Waals surface area contributed by atoms with Gasteiger partial charge >= 0.3 is 5.97 Å². The van der Waals surface area contributed by atoms with Crippen LogP contribution in [0.15, 0.2) is 30.5 Å². The highest BCUT2D eigenvalue weighted by Gasteiger charge is 2.27. The maximum Gasteiger partial charge on any atom is 0.334 e. The Morgan fingerprint density at radius 1 is 1.44 bits per heavy atom. The fourth-order valence-electron chi connectivity index (χ4n) is 2.18. The minimum atomic E-state index is -0.923. The first kappa shape index (κ1) is 11.0. The lowest BCUT2D eigenvalue weighted by Crippen LogP contribution is -2.46. The normalized spacial score (nSPS) is 20.2. The van der Waals surface area contributed by atoms with E-state index < -0.39 is 12.1 Å². The van der Waals surface area contributed by atoms with E-state index in [-0.39, 0.29) is 0 Å². The molecule has 1 atom stereocenters. The second-order valence-corrected chi connectivity index (χ2v) is 4.20. The molecule has 1 saturated heterocycles. The van der Waals surface area contributed by atoms with Gasteiger partial charge in [0.05, 0.1) is 18.7 Å². The number of hydrogen-bond donors (Lipinski definition) is 1. The van der Waals surface area contributed by atoms with E-state index in [1.165, 1.54) is 0 Å². The summed E-state index contributed by atoms with van der Waals surface area (Å²) in [5.41, 5.74) is 0.992. The second kappa shape index (κ2) is 4.30. The van der Waals surface area contributed by atoms with Crippen molar-refractivity contribution in [1.82, 2.24) is 9.61 Å². The lowest BCUT2D eigenvalue weighted by Gasteiger charge is -2.31. The topological polar surface area (TPSA) is 67.1 Å². The molecule has 1 N–H and O–H groups in total. The van der Waals surface area contributed by atoms with Crippen LogP contribution in [0.5, 0.6) is 0 Å². The van der Waals surface area contributed by atoms with E-state index in [2.05, 4.69) is 5.10 Å². The van der Waals surface area contributed by atoms with Gasteiger partial charge in [-0.15, -0.1) is 0 Å². The molecule has 6 nitrogen and oxygen atoms in total. The number of carboxylic acid groups (broad SMARTS) is 1. The molecule has 0 spiro atoms. The third-order valence-electron chi connectivity index (χ3n) is 3.07. The third kappa shape index (κ3) is 1.80. The van der Waals surface area contributed by atoms with Crippen molar-refractivity contribution in [2.45, 2.75) is 6.10 Å². The summed E-state index contributed by atoms with van der Waals surface area (Å²) in [6.45, 7) is 1.43. The Hall–Kier alpha value is -2.08. The van der Waals surface area contributed by atoms with Gasteiger partial charge in [-0.2, -0.15) is 5.10 Å². The Balaban J connectivity index is 1.92. The molecule has 94 valence electrons. The lowest BCUT2D eigenvalue weighted by atomic mass is 10.3. The average molecular weight is 247 g/mol. The van der Waals surface area contributed by atoms with Crippen LogP contribution in [0.1, 0.15) is 0 Å². The first-order valence-electron chi connectivity index (χ1n) is 5.78. The van der Waals surface area contributed by atoms with E-state index >= 15 is 0 Å². The van der Waals surface area contributed by atoms with Crippen molar-refractivity contribution < 1.29 is 14.6 Å². The number of morpholine rings is 1. The number of carboxylic acids is 1. The Kier molecular flexibility index (Phi) is 2.64. The number of aromatic nitrogens is 2. The predicted molar refractivity (Wildman–Crippen MR) is 64.8 cm³/mol. The van der Waals surface area contributed by atoms with E-state index in [0.717, 1.165) is 11.3 Å². The minimum absolute atomic E-state index is 0.345. The largest absolute Gasteiger partial charge is 0.479 e. The molecule has 0 aliphatic carbocycles. The fraction of sp³-hybridized carbons (Fsp3) is 0.333. The molecule has 3 rings (SSSR count). The van der Waals surface area contributed by atoms with Gasteiger partial charge in [-0.05, 0) is 24.3 Å². The SMILES string of the molecule is O=C(O)C1CN(c2ccc3cccnn23)CCO1. The number of anilines is 1. The van der Waals surface area contributed by atoms with E-state index in [0.29, 0.717) is 19.7 Å². The van der Waals surface area contributed by atoms with Crippen molar-refractivity contribution in [3.8, 4) is 0 Å². The highest BCUT2D eigenvalue weighted by Crippen LogP contribution is 2.20. The summed E-state index contributed by atoms with van der Waals surface area (Å²) >= 11 is 0. The Morgan fingerprint density at radius 2 is 2.33 bits per heavy atom. The van der Waals surface area contributed by atoms with E-state index in [9.17, 15) is 4.79 Å². The Labute approximate surface area is 103 Å². The molecule has 18 heavy (non-hydrogen) atoms. The van der Waals surface area contributed by atoms with Crippen LogP contribution in [0.3, 0.4) is 0 Å². The number of hydrogen-bond acceptors (Lipinski definition) is 4. The van der Waals surface area contributed by atoms with Gasteiger partial charge in [-0.1, -0.05) is 0 Å². The molecule has 6 heteroatoms. The molecule has 1 unspecified atom stereocenters. The third-order valence-corrected chi connectivity index (χ3v) is 3.07. The molecular weight excluding hydrogens is 234 g/mol. The highest BCUT2D eigenvalue weighted by atomic mass is 16.5. The Bertz CT molecular complexity index is 581. The van der Waals surface area contributed by atoms with Gasteiger partial charge < -0.3 is 14.7 Å². The molecule has 1 fully saturated rings. The number of nitrogens with zero attached hydrogens (tertiary/aromatic N) is 3. The van der Waals surface area contributed by atoms with Crippen molar-refractivity contribution in [3.05, 3.63) is 30.5 Å². The van der Waals surface area contributed by atoms with Gasteiger partial charge in [0.15, 0.2) is 6.10 Å². The molecule has 0 radical (unpaired) electrons. The Morgan fingerprint density at radius 3 is 3.17 bits per heavy atom. The zero-order valence-electron chi connectivity index (χ0n) is 9.69. The molecule has 0 bridgehead atoms. The number of ether oxygens (including phenoxy) is 1. The van der Waals surface area contributed by atoms with E-state index in [4.69, 9.17) is 9.84 Å². The summed E-state index contributed by atoms with van der Waals surface area (Å²) in [5.74, 6) is -0.0197. The second-order valence-electron chi connectivity index (χ2n) is 4.20. The minimum Gasteiger partial charge on any atom is -0.479 e. The van der Waals surface area contributed by atoms with Gasteiger partial charge in [0.2, 0.25) is 0 Å². The molecule has 2 aromatic heterocycles. The maximum absolute atomic E-state index is 11.0. The van der Waals surface area contributed by atoms with Gasteiger partial charge in [0.1, 0.15) is 5.82 Å². The van der Waals surface area contributed by atoms with Crippen LogP contribution in [-0.4, -0.2) is 46.5 Å². The molecule has 0 amide bonds. The fourth-order valence-corrected chi connectivity index (χ4v) is 2.18. The predicted octanol–water partition coefficient (Wildman–Crippen LogP) is 0.624. The standard InChI is InChI=1S/C12H13N3O3/c16-12(17)10-8-14(6-7-18-10)11-4-3-9-2-1-5-13-15(9)11/h1-5,10H,6-8H2,(H,16,17). The summed E-state index contributed by atoms with van der Waals surface area (Å²) in [7, 11) is 0. The van der Waals surface area contributed by atoms with Gasteiger partial charge in [-0.25, -0.2) is 9.31 Å². The van der Waals surface area contributed by atoms with Crippen molar-refractivity contribution in [2.75, 3.05) is 24.6 Å². The smallest absolute Gasteiger partial charge is 0.334 e. The van der Waals surface area contributed by atoms with Crippen molar-refractivity contribution in [2.24, 2.45) is 0 Å². The number of fused-ring (bicyclic) bond motifs is 1. The number of aliphatic carboxylic acids is 1. The molecule has 1 aliphatic rings. The van der Waals surface area contributed by atoms with Crippen LogP contribution in [0, 0.1) is 0 Å². The molecule has 0 saturated carbocycles. The van der Waals surface area contributed by atoms with Crippen molar-refractivity contribution in [3.63, 3.8) is 0 Å². The number of rotatable bonds is 2. The highest BCUT2D eigenvalue weighted by molar-refractivity contribution is 5.73. The van der Waals surface area contributed by atoms with Gasteiger partial charge in [-0.3, -0.25) is 0 Å². The molecule has 1 aliphatic heterocycles. The van der Waals surface area contributed by atoms with Crippen LogP contribution in [-0.2, 0) is 9.53 Å². The van der Waals surface area contributed by atoms with E-state index in [1.807, 2.05) is 33.7 Å². The molecule has 2 aromatic rings. The maximum atomic E-state index is 11.0. The van der Waals surface area contributed by atoms with Crippen LogP contribution in [0.2, 0.25) is 0 Å². The van der Waals surface area contributed by atoms with Crippen LogP contribution < -0.4 is 4.90 Å². The monoisotopic (exact) mass is 247 g/mol. The van der Waals surface area contributed by atoms with Crippen molar-refractivity contribution >= 4 is 17.3 Å². The summed E-state index contributed by atoms with van der Waals surface area (Å²) in [6.07, 6.45) is 0.944. The van der Waals surface area contributed by atoms with Crippen LogP contribution in [0.25, 0.3) is 5.52 Å². The molecule has 3 heterocycles. The zero-order valence-corrected chi connectivity index (χ0v) is 9.69. The lowest BCUT2D eigenvalue weighted by molar-refractivity contribution is -0.150. The first-order chi connectivity index (χ1) is 8.75. The summed E-state index contributed by atoms with van der Waals surface area (Å²) < 4.78 is 7.02. The van der Waals surface area contributed by atoms with Crippen molar-refractivity contribution in [1.29, 1.82) is 0 Å². The van der Waals surface area contributed by atoms with Crippen LogP contribution in [0.4, 0.5) is 5.82 Å². The van der Waals surface area contributed by atoms with E-state index in [1.54, 1.807) is 6.20 Å².